The summed E-state index contributed by atoms with van der Waals surface area (Å²) in [6.45, 7) is 1.74. The summed E-state index contributed by atoms with van der Waals surface area (Å²) in [6.07, 6.45) is 0.365. The van der Waals surface area contributed by atoms with Crippen LogP contribution in [0.2, 0.25) is 0 Å². The van der Waals surface area contributed by atoms with Gasteiger partial charge in [0.1, 0.15) is 0 Å². The van der Waals surface area contributed by atoms with Crippen molar-refractivity contribution < 1.29 is 14.8 Å². The lowest BCUT2D eigenvalue weighted by Crippen LogP contribution is -2.34. The van der Waals surface area contributed by atoms with Crippen molar-refractivity contribution in [2.45, 2.75) is 13.3 Å². The summed E-state index contributed by atoms with van der Waals surface area (Å²) in [5.74, 6) is -0.0799. The lowest BCUT2D eigenvalue weighted by Gasteiger charge is -2.05. The molecule has 0 radical (unpaired) electrons. The summed E-state index contributed by atoms with van der Waals surface area (Å²) < 4.78 is 0. The summed E-state index contributed by atoms with van der Waals surface area (Å²) in [4.78, 5) is 11.3. The molecule has 0 aliphatic rings. The van der Waals surface area contributed by atoms with Crippen molar-refractivity contribution in [3.8, 4) is 0 Å². The van der Waals surface area contributed by atoms with E-state index in [1.54, 1.807) is 25.1 Å². The second-order valence-corrected chi connectivity index (χ2v) is 2.74. The third kappa shape index (κ3) is 2.17. The van der Waals surface area contributed by atoms with Crippen LogP contribution in [0, 0.1) is 0 Å². The molecule has 0 fully saturated rings. The van der Waals surface area contributed by atoms with Crippen LogP contribution in [0.1, 0.15) is 23.7 Å². The summed E-state index contributed by atoms with van der Waals surface area (Å²) in [7, 11) is -1.58. The second-order valence-electron chi connectivity index (χ2n) is 2.74. The van der Waals surface area contributed by atoms with Crippen LogP contribution in [0.4, 0.5) is 0 Å². The van der Waals surface area contributed by atoms with Gasteiger partial charge < -0.3 is 10.0 Å². The fraction of sp³-hybridized carbons (Fsp3) is 0.222. The van der Waals surface area contributed by atoms with Gasteiger partial charge >= 0.3 is 7.12 Å². The van der Waals surface area contributed by atoms with Gasteiger partial charge in [-0.25, -0.2) is 0 Å². The van der Waals surface area contributed by atoms with Gasteiger partial charge in [-0.05, 0) is 5.46 Å². The highest BCUT2D eigenvalue weighted by Crippen LogP contribution is 2.00. The van der Waals surface area contributed by atoms with Crippen molar-refractivity contribution >= 4 is 18.4 Å². The van der Waals surface area contributed by atoms with Crippen molar-refractivity contribution in [1.82, 2.24) is 0 Å². The molecule has 4 heteroatoms. The molecule has 2 N–H and O–H groups in total. The van der Waals surface area contributed by atoms with Gasteiger partial charge in [-0.1, -0.05) is 31.2 Å². The van der Waals surface area contributed by atoms with Crippen molar-refractivity contribution in [2.75, 3.05) is 0 Å². The molecule has 0 amide bonds. The fourth-order valence-corrected chi connectivity index (χ4v) is 1.17. The number of benzene rings is 1. The third-order valence-electron chi connectivity index (χ3n) is 1.86. The maximum absolute atomic E-state index is 11.3. The smallest absolute Gasteiger partial charge is 0.423 e. The lowest BCUT2D eigenvalue weighted by molar-refractivity contribution is 0.0989. The highest BCUT2D eigenvalue weighted by molar-refractivity contribution is 6.60. The Morgan fingerprint density at radius 1 is 1.38 bits per heavy atom. The Morgan fingerprint density at radius 2 is 2.00 bits per heavy atom. The van der Waals surface area contributed by atoms with Crippen molar-refractivity contribution in [3.63, 3.8) is 0 Å². The molecular formula is C9H11BO3. The number of rotatable bonds is 3. The van der Waals surface area contributed by atoms with E-state index in [0.29, 0.717) is 12.0 Å². The molecule has 0 atom stereocenters. The Morgan fingerprint density at radius 3 is 2.54 bits per heavy atom. The molecule has 0 aromatic heterocycles. The number of ketones is 1. The predicted molar refractivity (Wildman–Crippen MR) is 50.9 cm³/mol. The van der Waals surface area contributed by atoms with Gasteiger partial charge in [0.25, 0.3) is 0 Å². The average Bonchev–Trinajstić information content (AvgIpc) is 2.16. The van der Waals surface area contributed by atoms with Crippen LogP contribution in [-0.4, -0.2) is 22.9 Å². The number of hydrogen-bond donors (Lipinski definition) is 2. The first-order chi connectivity index (χ1) is 6.16. The Labute approximate surface area is 77.2 Å². The predicted octanol–water partition coefficient (Wildman–Crippen LogP) is -0.0409. The van der Waals surface area contributed by atoms with Crippen LogP contribution in [-0.2, 0) is 0 Å². The van der Waals surface area contributed by atoms with Crippen LogP contribution in [0.15, 0.2) is 24.3 Å². The van der Waals surface area contributed by atoms with Gasteiger partial charge in [0.05, 0.1) is 0 Å². The third-order valence-corrected chi connectivity index (χ3v) is 1.86. The molecule has 0 aliphatic heterocycles. The molecule has 0 saturated carbocycles. The van der Waals surface area contributed by atoms with Crippen LogP contribution in [0.3, 0.4) is 0 Å². The van der Waals surface area contributed by atoms with Gasteiger partial charge in [0, 0.05) is 12.0 Å². The van der Waals surface area contributed by atoms with E-state index in [2.05, 4.69) is 0 Å². The Kier molecular flexibility index (Phi) is 3.22. The summed E-state index contributed by atoms with van der Waals surface area (Å²) in [5, 5.41) is 17.9. The molecule has 0 heterocycles. The topological polar surface area (TPSA) is 57.5 Å². The molecule has 0 spiro atoms. The second kappa shape index (κ2) is 4.21. The zero-order chi connectivity index (χ0) is 9.84. The van der Waals surface area contributed by atoms with Gasteiger partial charge in [-0.2, -0.15) is 0 Å². The molecular weight excluding hydrogens is 167 g/mol. The minimum atomic E-state index is -1.58. The van der Waals surface area contributed by atoms with E-state index < -0.39 is 7.12 Å². The normalized spacial score (nSPS) is 9.77. The van der Waals surface area contributed by atoms with E-state index in [1.807, 2.05) is 0 Å². The van der Waals surface area contributed by atoms with Crippen LogP contribution in [0.25, 0.3) is 0 Å². The highest BCUT2D eigenvalue weighted by Gasteiger charge is 2.18. The maximum Gasteiger partial charge on any atom is 0.489 e. The van der Waals surface area contributed by atoms with Gasteiger partial charge in [-0.3, -0.25) is 4.79 Å². The summed E-state index contributed by atoms with van der Waals surface area (Å²) in [5.41, 5.74) is 0.661. The molecule has 0 aliphatic carbocycles. The molecule has 13 heavy (non-hydrogen) atoms. The SMILES string of the molecule is CCC(=O)c1ccccc1B(O)O. The molecule has 0 unspecified atom stereocenters. The van der Waals surface area contributed by atoms with E-state index in [9.17, 15) is 4.79 Å². The summed E-state index contributed by atoms with van der Waals surface area (Å²) >= 11 is 0. The lowest BCUT2D eigenvalue weighted by atomic mass is 9.76. The van der Waals surface area contributed by atoms with Crippen molar-refractivity contribution in [1.29, 1.82) is 0 Å². The summed E-state index contributed by atoms with van der Waals surface area (Å²) in [6, 6.07) is 6.50. The van der Waals surface area contributed by atoms with E-state index in [0.717, 1.165) is 0 Å². The largest absolute Gasteiger partial charge is 0.489 e. The number of Topliss-reactive ketones (excluding diaryl/α,β-unsaturated/α-hetero) is 1. The first kappa shape index (κ1) is 9.96. The molecule has 3 nitrogen and oxygen atoms in total. The van der Waals surface area contributed by atoms with E-state index >= 15 is 0 Å². The molecule has 0 bridgehead atoms. The van der Waals surface area contributed by atoms with E-state index in [1.165, 1.54) is 6.07 Å². The van der Waals surface area contributed by atoms with E-state index in [4.69, 9.17) is 10.0 Å². The minimum Gasteiger partial charge on any atom is -0.423 e. The zero-order valence-electron chi connectivity index (χ0n) is 7.40. The van der Waals surface area contributed by atoms with Gasteiger partial charge in [-0.15, -0.1) is 0 Å². The Hall–Kier alpha value is -1.13. The molecule has 68 valence electrons. The van der Waals surface area contributed by atoms with Crippen molar-refractivity contribution in [3.05, 3.63) is 29.8 Å². The molecule has 0 saturated heterocycles. The number of carbonyl (C=O) groups excluding carboxylic acids is 1. The maximum atomic E-state index is 11.3. The van der Waals surface area contributed by atoms with Gasteiger partial charge in [0.15, 0.2) is 5.78 Å². The van der Waals surface area contributed by atoms with Crippen LogP contribution >= 0.6 is 0 Å². The van der Waals surface area contributed by atoms with Gasteiger partial charge in [0.2, 0.25) is 0 Å². The number of carbonyl (C=O) groups is 1. The highest BCUT2D eigenvalue weighted by atomic mass is 16.4. The minimum absolute atomic E-state index is 0.0799. The van der Waals surface area contributed by atoms with Crippen molar-refractivity contribution in [2.24, 2.45) is 0 Å². The first-order valence-electron chi connectivity index (χ1n) is 4.15. The fourth-order valence-electron chi connectivity index (χ4n) is 1.17. The number of hydrogen-bond acceptors (Lipinski definition) is 3. The molecule has 1 aromatic rings. The Bertz CT molecular complexity index is 309. The molecule has 1 rings (SSSR count). The Balaban J connectivity index is 3.12. The zero-order valence-corrected chi connectivity index (χ0v) is 7.40. The first-order valence-corrected chi connectivity index (χ1v) is 4.15. The monoisotopic (exact) mass is 178 g/mol. The average molecular weight is 178 g/mol. The van der Waals surface area contributed by atoms with E-state index in [-0.39, 0.29) is 11.2 Å². The standard InChI is InChI=1S/C9H11BO3/c1-2-9(11)7-5-3-4-6-8(7)10(12)13/h3-6,12-13H,2H2,1H3. The quantitative estimate of drug-likeness (QED) is 0.504. The molecule has 1 aromatic carbocycles. The van der Waals surface area contributed by atoms with Crippen LogP contribution < -0.4 is 5.46 Å². The van der Waals surface area contributed by atoms with Crippen LogP contribution in [0.5, 0.6) is 0 Å².